The number of carbonyl (C=O) groups is 1. The van der Waals surface area contributed by atoms with Crippen molar-refractivity contribution in [3.05, 3.63) is 33.9 Å². The summed E-state index contributed by atoms with van der Waals surface area (Å²) in [5.41, 5.74) is -1.61. The molecule has 1 aromatic rings. The SMILES string of the molecule is COP(=O)(O)c1cccc(C(=O)O)c1[N+](=O)[O-]. The van der Waals surface area contributed by atoms with Gasteiger partial charge in [0.25, 0.3) is 5.69 Å². The highest BCUT2D eigenvalue weighted by Crippen LogP contribution is 2.43. The summed E-state index contributed by atoms with van der Waals surface area (Å²) < 4.78 is 15.8. The van der Waals surface area contributed by atoms with Gasteiger partial charge in [0.1, 0.15) is 10.9 Å². The second-order valence-electron chi connectivity index (χ2n) is 2.94. The van der Waals surface area contributed by atoms with Crippen molar-refractivity contribution in [2.45, 2.75) is 0 Å². The van der Waals surface area contributed by atoms with Gasteiger partial charge in [-0.25, -0.2) is 4.79 Å². The molecule has 0 bridgehead atoms. The molecule has 8 nitrogen and oxygen atoms in total. The van der Waals surface area contributed by atoms with Gasteiger partial charge in [0.05, 0.1) is 4.92 Å². The molecule has 9 heteroatoms. The maximum absolute atomic E-state index is 11.5. The number of rotatable bonds is 4. The summed E-state index contributed by atoms with van der Waals surface area (Å²) >= 11 is 0. The number of carboxylic acids is 1. The number of hydrogen-bond acceptors (Lipinski definition) is 5. The third-order valence-electron chi connectivity index (χ3n) is 1.98. The third-order valence-corrected chi connectivity index (χ3v) is 3.44. The number of nitro benzene ring substituents is 1. The zero-order chi connectivity index (χ0) is 13.2. The predicted octanol–water partition coefficient (Wildman–Crippen LogP) is 0.750. The lowest BCUT2D eigenvalue weighted by atomic mass is 10.2. The van der Waals surface area contributed by atoms with E-state index in [0.717, 1.165) is 25.3 Å². The molecule has 0 fully saturated rings. The normalized spacial score (nSPS) is 14.0. The van der Waals surface area contributed by atoms with E-state index in [2.05, 4.69) is 4.52 Å². The molecule has 0 saturated heterocycles. The lowest BCUT2D eigenvalue weighted by Gasteiger charge is -2.10. The third kappa shape index (κ3) is 2.50. The van der Waals surface area contributed by atoms with Crippen molar-refractivity contribution in [3.8, 4) is 0 Å². The Balaban J connectivity index is 3.63. The van der Waals surface area contributed by atoms with E-state index in [0.29, 0.717) is 0 Å². The van der Waals surface area contributed by atoms with E-state index >= 15 is 0 Å². The monoisotopic (exact) mass is 261 g/mol. The van der Waals surface area contributed by atoms with E-state index in [1.807, 2.05) is 0 Å². The van der Waals surface area contributed by atoms with Gasteiger partial charge in [-0.1, -0.05) is 6.07 Å². The van der Waals surface area contributed by atoms with Crippen LogP contribution in [0.3, 0.4) is 0 Å². The first kappa shape index (κ1) is 13.3. The van der Waals surface area contributed by atoms with Crippen LogP contribution in [0.1, 0.15) is 10.4 Å². The van der Waals surface area contributed by atoms with Gasteiger partial charge in [-0.15, -0.1) is 0 Å². The summed E-state index contributed by atoms with van der Waals surface area (Å²) in [6.07, 6.45) is 0. The molecule has 0 amide bonds. The fourth-order valence-electron chi connectivity index (χ4n) is 1.22. The smallest absolute Gasteiger partial charge is 0.365 e. The zero-order valence-corrected chi connectivity index (χ0v) is 9.46. The summed E-state index contributed by atoms with van der Waals surface area (Å²) in [6, 6.07) is 3.09. The Hall–Kier alpha value is -1.76. The minimum absolute atomic E-state index is 0.648. The Bertz CT molecular complexity index is 527. The van der Waals surface area contributed by atoms with E-state index in [9.17, 15) is 24.4 Å². The molecule has 0 spiro atoms. The van der Waals surface area contributed by atoms with Gasteiger partial charge in [0.2, 0.25) is 0 Å². The van der Waals surface area contributed by atoms with Gasteiger partial charge < -0.3 is 14.5 Å². The Morgan fingerprint density at radius 2 is 2.12 bits per heavy atom. The first-order chi connectivity index (χ1) is 7.81. The van der Waals surface area contributed by atoms with Crippen LogP contribution in [0, 0.1) is 10.1 Å². The van der Waals surface area contributed by atoms with Crippen molar-refractivity contribution < 1.29 is 28.8 Å². The number of para-hydroxylation sites is 1. The quantitative estimate of drug-likeness (QED) is 0.465. The van der Waals surface area contributed by atoms with Crippen LogP contribution in [0.4, 0.5) is 5.69 Å². The molecule has 1 unspecified atom stereocenters. The molecule has 1 rings (SSSR count). The van der Waals surface area contributed by atoms with Crippen molar-refractivity contribution in [3.63, 3.8) is 0 Å². The first-order valence-corrected chi connectivity index (χ1v) is 5.79. The highest BCUT2D eigenvalue weighted by atomic mass is 31.2. The molecule has 0 radical (unpaired) electrons. The summed E-state index contributed by atoms with van der Waals surface area (Å²) in [7, 11) is -3.49. The van der Waals surface area contributed by atoms with Gasteiger partial charge in [0.15, 0.2) is 0 Å². The lowest BCUT2D eigenvalue weighted by molar-refractivity contribution is -0.384. The summed E-state index contributed by atoms with van der Waals surface area (Å²) in [5.74, 6) is -1.56. The van der Waals surface area contributed by atoms with Crippen LogP contribution >= 0.6 is 7.60 Å². The second kappa shape index (κ2) is 4.62. The van der Waals surface area contributed by atoms with Crippen LogP contribution in [0.2, 0.25) is 0 Å². The number of nitrogens with zero attached hydrogens (tertiary/aromatic N) is 1. The minimum atomic E-state index is -4.39. The van der Waals surface area contributed by atoms with E-state index in [1.165, 1.54) is 0 Å². The Morgan fingerprint density at radius 1 is 1.53 bits per heavy atom. The zero-order valence-electron chi connectivity index (χ0n) is 8.56. The minimum Gasteiger partial charge on any atom is -0.477 e. The number of benzene rings is 1. The number of aromatic carboxylic acids is 1. The molecule has 1 aromatic carbocycles. The maximum Gasteiger partial charge on any atom is 0.365 e. The molecule has 0 aliphatic heterocycles. The van der Waals surface area contributed by atoms with Crippen molar-refractivity contribution >= 4 is 24.6 Å². The number of nitro groups is 1. The van der Waals surface area contributed by atoms with Crippen LogP contribution < -0.4 is 5.30 Å². The average molecular weight is 261 g/mol. The van der Waals surface area contributed by atoms with Gasteiger partial charge in [0, 0.05) is 7.11 Å². The van der Waals surface area contributed by atoms with E-state index in [1.54, 1.807) is 0 Å². The van der Waals surface area contributed by atoms with Crippen LogP contribution in [0.5, 0.6) is 0 Å². The highest BCUT2D eigenvalue weighted by Gasteiger charge is 2.34. The van der Waals surface area contributed by atoms with E-state index in [-0.39, 0.29) is 0 Å². The van der Waals surface area contributed by atoms with Gasteiger partial charge in [-0.05, 0) is 12.1 Å². The first-order valence-electron chi connectivity index (χ1n) is 4.21. The van der Waals surface area contributed by atoms with Crippen LogP contribution in [0.15, 0.2) is 18.2 Å². The second-order valence-corrected chi connectivity index (χ2v) is 4.83. The van der Waals surface area contributed by atoms with Gasteiger partial charge in [-0.2, -0.15) is 0 Å². The molecule has 0 saturated carbocycles. The summed E-state index contributed by atoms with van der Waals surface area (Å²) in [6.45, 7) is 0. The molecule has 0 heterocycles. The Labute approximate surface area is 95.1 Å². The summed E-state index contributed by atoms with van der Waals surface area (Å²) in [4.78, 5) is 29.9. The molecular formula is C8H8NO7P. The van der Waals surface area contributed by atoms with Crippen LogP contribution in [-0.2, 0) is 9.09 Å². The highest BCUT2D eigenvalue weighted by molar-refractivity contribution is 7.61. The van der Waals surface area contributed by atoms with Gasteiger partial charge >= 0.3 is 13.6 Å². The maximum atomic E-state index is 11.5. The molecule has 2 N–H and O–H groups in total. The van der Waals surface area contributed by atoms with Gasteiger partial charge in [-0.3, -0.25) is 14.7 Å². The van der Waals surface area contributed by atoms with E-state index in [4.69, 9.17) is 5.11 Å². The fraction of sp³-hybridized carbons (Fsp3) is 0.125. The molecule has 0 aromatic heterocycles. The van der Waals surface area contributed by atoms with Crippen molar-refractivity contribution in [2.24, 2.45) is 0 Å². The van der Waals surface area contributed by atoms with Crippen molar-refractivity contribution in [1.29, 1.82) is 0 Å². The van der Waals surface area contributed by atoms with E-state index < -0.39 is 35.0 Å². The average Bonchev–Trinajstić information content (AvgIpc) is 2.27. The van der Waals surface area contributed by atoms with Crippen molar-refractivity contribution in [1.82, 2.24) is 0 Å². The largest absolute Gasteiger partial charge is 0.477 e. The number of carboxylic acid groups (broad SMARTS) is 1. The van der Waals surface area contributed by atoms with Crippen molar-refractivity contribution in [2.75, 3.05) is 7.11 Å². The summed E-state index contributed by atoms with van der Waals surface area (Å²) in [5, 5.41) is 18.9. The Morgan fingerprint density at radius 3 is 2.53 bits per heavy atom. The lowest BCUT2D eigenvalue weighted by Crippen LogP contribution is -2.16. The predicted molar refractivity (Wildman–Crippen MR) is 56.5 cm³/mol. The number of hydrogen-bond donors (Lipinski definition) is 2. The molecular weight excluding hydrogens is 253 g/mol. The van der Waals surface area contributed by atoms with Crippen LogP contribution in [-0.4, -0.2) is 28.0 Å². The Kier molecular flexibility index (Phi) is 3.62. The molecule has 0 aliphatic carbocycles. The van der Waals surface area contributed by atoms with Crippen LogP contribution in [0.25, 0.3) is 0 Å². The standard InChI is InChI=1S/C8H8NO7P/c1-16-17(14,15)6-4-2-3-5(8(10)11)7(6)9(12)13/h2-4H,1H3,(H,10,11)(H,14,15). The fourth-order valence-corrected chi connectivity index (χ4v) is 2.16. The molecule has 0 aliphatic rings. The molecule has 17 heavy (non-hydrogen) atoms. The topological polar surface area (TPSA) is 127 Å². The molecule has 1 atom stereocenters. The molecule has 92 valence electrons.